The smallest absolute Gasteiger partial charge is 0.0481 e. The van der Waals surface area contributed by atoms with Gasteiger partial charge in [0.2, 0.25) is 0 Å². The molecule has 0 saturated heterocycles. The summed E-state index contributed by atoms with van der Waals surface area (Å²) in [4.78, 5) is 4.52. The zero-order chi connectivity index (χ0) is 12.1. The van der Waals surface area contributed by atoms with Crippen LogP contribution < -0.4 is 0 Å². The summed E-state index contributed by atoms with van der Waals surface area (Å²) >= 11 is 0. The highest BCUT2D eigenvalue weighted by molar-refractivity contribution is 5.69. The van der Waals surface area contributed by atoms with Crippen LogP contribution in [0.3, 0.4) is 0 Å². The minimum Gasteiger partial charge on any atom is -0.261 e. The molecule has 1 aromatic heterocycles. The summed E-state index contributed by atoms with van der Waals surface area (Å²) in [5.41, 5.74) is 5.26. The normalized spacial score (nSPS) is 10.5. The zero-order valence-electron chi connectivity index (χ0n) is 10.6. The van der Waals surface area contributed by atoms with Gasteiger partial charge in [0.25, 0.3) is 0 Å². The highest BCUT2D eigenvalue weighted by atomic mass is 14.7. The molecule has 2 aromatic rings. The molecule has 0 bridgehead atoms. The van der Waals surface area contributed by atoms with Crippen molar-refractivity contribution in [3.63, 3.8) is 0 Å². The van der Waals surface area contributed by atoms with E-state index >= 15 is 0 Å². The molecule has 17 heavy (non-hydrogen) atoms. The van der Waals surface area contributed by atoms with E-state index < -0.39 is 0 Å². The first-order chi connectivity index (χ1) is 8.36. The number of rotatable bonds is 4. The third kappa shape index (κ3) is 2.55. The van der Waals surface area contributed by atoms with Gasteiger partial charge >= 0.3 is 0 Å². The van der Waals surface area contributed by atoms with E-state index in [0.717, 1.165) is 19.3 Å². The molecule has 0 spiro atoms. The average Bonchev–Trinajstić information content (AvgIpc) is 2.40. The number of aryl methyl sites for hydroxylation is 2. The molecular weight excluding hydrogens is 206 g/mol. The third-order valence-corrected chi connectivity index (χ3v) is 3.07. The third-order valence-electron chi connectivity index (χ3n) is 3.07. The number of hydrogen-bond donors (Lipinski definition) is 0. The maximum absolute atomic E-state index is 4.52. The molecule has 1 nitrogen and oxygen atoms in total. The van der Waals surface area contributed by atoms with Gasteiger partial charge < -0.3 is 0 Å². The van der Waals surface area contributed by atoms with Crippen molar-refractivity contribution in [2.45, 2.75) is 33.1 Å². The van der Waals surface area contributed by atoms with Gasteiger partial charge in [0.05, 0.1) is 0 Å². The van der Waals surface area contributed by atoms with E-state index in [1.807, 2.05) is 12.3 Å². The molecule has 1 heteroatoms. The molecule has 0 aliphatic carbocycles. The monoisotopic (exact) mass is 225 g/mol. The largest absolute Gasteiger partial charge is 0.261 e. The minimum atomic E-state index is 1.05. The number of pyridine rings is 1. The summed E-state index contributed by atoms with van der Waals surface area (Å²) in [6.07, 6.45) is 5.15. The van der Waals surface area contributed by atoms with Crippen LogP contribution in [0, 0.1) is 0 Å². The molecule has 1 aromatic carbocycles. The van der Waals surface area contributed by atoms with Crippen LogP contribution in [-0.2, 0) is 12.8 Å². The Balaban J connectivity index is 2.52. The second-order valence-corrected chi connectivity index (χ2v) is 4.26. The SMILES string of the molecule is CCCc1ncccc1-c1ccccc1CC. The molecule has 0 aliphatic heterocycles. The summed E-state index contributed by atoms with van der Waals surface area (Å²) in [7, 11) is 0. The van der Waals surface area contributed by atoms with E-state index in [0.29, 0.717) is 0 Å². The lowest BCUT2D eigenvalue weighted by molar-refractivity contribution is 0.884. The van der Waals surface area contributed by atoms with Crippen molar-refractivity contribution < 1.29 is 0 Å². The van der Waals surface area contributed by atoms with Crippen molar-refractivity contribution in [1.29, 1.82) is 0 Å². The Labute approximate surface area is 104 Å². The topological polar surface area (TPSA) is 12.9 Å². The van der Waals surface area contributed by atoms with Gasteiger partial charge in [-0.3, -0.25) is 4.98 Å². The molecule has 0 N–H and O–H groups in total. The van der Waals surface area contributed by atoms with Crippen molar-refractivity contribution >= 4 is 0 Å². The Morgan fingerprint density at radius 2 is 1.71 bits per heavy atom. The average molecular weight is 225 g/mol. The van der Waals surface area contributed by atoms with Crippen LogP contribution in [0.15, 0.2) is 42.6 Å². The molecule has 88 valence electrons. The van der Waals surface area contributed by atoms with E-state index in [-0.39, 0.29) is 0 Å². The van der Waals surface area contributed by atoms with Crippen molar-refractivity contribution in [2.75, 3.05) is 0 Å². The maximum atomic E-state index is 4.52. The lowest BCUT2D eigenvalue weighted by Gasteiger charge is -2.11. The minimum absolute atomic E-state index is 1.05. The van der Waals surface area contributed by atoms with E-state index in [2.05, 4.69) is 49.2 Å². The van der Waals surface area contributed by atoms with Crippen LogP contribution in [0.4, 0.5) is 0 Å². The lowest BCUT2D eigenvalue weighted by Crippen LogP contribution is -1.95. The number of benzene rings is 1. The highest BCUT2D eigenvalue weighted by Gasteiger charge is 2.08. The maximum Gasteiger partial charge on any atom is 0.0481 e. The van der Waals surface area contributed by atoms with E-state index in [1.54, 1.807) is 0 Å². The lowest BCUT2D eigenvalue weighted by atomic mass is 9.96. The first-order valence-corrected chi connectivity index (χ1v) is 6.39. The van der Waals surface area contributed by atoms with Gasteiger partial charge in [-0.1, -0.05) is 50.6 Å². The fraction of sp³-hybridized carbons (Fsp3) is 0.312. The highest BCUT2D eigenvalue weighted by Crippen LogP contribution is 2.26. The molecule has 0 fully saturated rings. The van der Waals surface area contributed by atoms with Gasteiger partial charge in [-0.2, -0.15) is 0 Å². The molecule has 2 rings (SSSR count). The predicted molar refractivity (Wildman–Crippen MR) is 73.0 cm³/mol. The van der Waals surface area contributed by atoms with Crippen molar-refractivity contribution in [2.24, 2.45) is 0 Å². The Kier molecular flexibility index (Phi) is 3.92. The Bertz CT molecular complexity index is 488. The van der Waals surface area contributed by atoms with Crippen LogP contribution in [0.1, 0.15) is 31.5 Å². The van der Waals surface area contributed by atoms with Gasteiger partial charge in [-0.25, -0.2) is 0 Å². The van der Waals surface area contributed by atoms with Crippen LogP contribution >= 0.6 is 0 Å². The first-order valence-electron chi connectivity index (χ1n) is 6.39. The van der Waals surface area contributed by atoms with Gasteiger partial charge in [0.15, 0.2) is 0 Å². The number of aromatic nitrogens is 1. The van der Waals surface area contributed by atoms with Gasteiger partial charge in [-0.15, -0.1) is 0 Å². The molecule has 0 aliphatic rings. The molecule has 1 heterocycles. The molecule has 0 saturated carbocycles. The van der Waals surface area contributed by atoms with Gasteiger partial charge in [0.1, 0.15) is 0 Å². The Morgan fingerprint density at radius 1 is 0.941 bits per heavy atom. The standard InChI is InChI=1S/C16H19N/c1-3-8-16-15(11-7-12-17-16)14-10-6-5-9-13(14)4-2/h5-7,9-12H,3-4,8H2,1-2H3. The summed E-state index contributed by atoms with van der Waals surface area (Å²) in [6.45, 7) is 4.40. The van der Waals surface area contributed by atoms with Crippen LogP contribution in [-0.4, -0.2) is 4.98 Å². The Morgan fingerprint density at radius 3 is 2.47 bits per heavy atom. The predicted octanol–water partition coefficient (Wildman–Crippen LogP) is 4.26. The van der Waals surface area contributed by atoms with Crippen LogP contribution in [0.5, 0.6) is 0 Å². The van der Waals surface area contributed by atoms with Crippen LogP contribution in [0.25, 0.3) is 11.1 Å². The van der Waals surface area contributed by atoms with E-state index in [1.165, 1.54) is 22.4 Å². The summed E-state index contributed by atoms with van der Waals surface area (Å²) < 4.78 is 0. The van der Waals surface area contributed by atoms with E-state index in [4.69, 9.17) is 0 Å². The molecule has 0 radical (unpaired) electrons. The quantitative estimate of drug-likeness (QED) is 0.757. The van der Waals surface area contributed by atoms with Crippen LogP contribution in [0.2, 0.25) is 0 Å². The van der Waals surface area contributed by atoms with Crippen molar-refractivity contribution in [3.05, 3.63) is 53.9 Å². The Hall–Kier alpha value is -1.63. The first kappa shape index (κ1) is 11.8. The van der Waals surface area contributed by atoms with Crippen molar-refractivity contribution in [3.8, 4) is 11.1 Å². The fourth-order valence-electron chi connectivity index (χ4n) is 2.21. The second-order valence-electron chi connectivity index (χ2n) is 4.26. The van der Waals surface area contributed by atoms with Gasteiger partial charge in [0, 0.05) is 17.5 Å². The summed E-state index contributed by atoms with van der Waals surface area (Å²) in [6, 6.07) is 12.8. The molecule has 0 amide bonds. The fourth-order valence-corrected chi connectivity index (χ4v) is 2.21. The van der Waals surface area contributed by atoms with Gasteiger partial charge in [-0.05, 0) is 30.0 Å². The summed E-state index contributed by atoms with van der Waals surface area (Å²) in [5, 5.41) is 0. The molecule has 0 atom stereocenters. The zero-order valence-corrected chi connectivity index (χ0v) is 10.6. The second kappa shape index (κ2) is 5.62. The number of nitrogens with zero attached hydrogens (tertiary/aromatic N) is 1. The molecular formula is C16H19N. The number of hydrogen-bond acceptors (Lipinski definition) is 1. The van der Waals surface area contributed by atoms with E-state index in [9.17, 15) is 0 Å². The summed E-state index contributed by atoms with van der Waals surface area (Å²) in [5.74, 6) is 0. The van der Waals surface area contributed by atoms with Crippen molar-refractivity contribution in [1.82, 2.24) is 4.98 Å². The molecule has 0 unspecified atom stereocenters.